The number of nitrogens with zero attached hydrogens (tertiary/aromatic N) is 9. The SMILES string of the molecule is [2H]C([2H])([2H])c1c[c-]c(-c2cc(C([2H])(C)C([2H])([2H])[2H])c(C)cn2)c2oc3nc(C)cc(C([2H])(C)C)c3c12.[2H]C([2H])([2H])c1cc(C)nc2oc3c(-c4cc(C([2H])(C)C([2H])([2H])[2H])ccn4)[c-]cc(C([2H])(C)C)c3c12.[2H]C([2H])([2H])c1cc(C)nc2oc3c(-c4ccccn4)[c-]cc(C([2H])(C)C)c3c12.[2H]C([2H])([2H])c1cnc(-c2[c-]cccc2)cc1C.[2H]C([2H])([2H])c1cnc(-c2[c-]cccc2)cc1C.[2H]C([2H])([2H])c1cnc(-c2[c-]cccc2)cc1C.[Ir].[Ir].[Ir]. The van der Waals surface area contributed by atoms with E-state index in [-0.39, 0.29) is 116 Å². The van der Waals surface area contributed by atoms with Crippen LogP contribution in [0.1, 0.15) is 239 Å². The summed E-state index contributed by atoms with van der Waals surface area (Å²) in [6, 6.07) is 65.9. The quantitative estimate of drug-likeness (QED) is 0.113. The average Bonchev–Trinajstić information content (AvgIpc) is 1.58. The molecular weight excluding hydrogens is 2060 g/mol. The maximum absolute atomic E-state index is 8.68. The van der Waals surface area contributed by atoms with Crippen LogP contribution in [-0.2, 0) is 60.3 Å². The molecule has 15 heteroatoms. The van der Waals surface area contributed by atoms with Crippen LogP contribution in [0.15, 0.2) is 214 Å². The summed E-state index contributed by atoms with van der Waals surface area (Å²) in [5.41, 5.74) is 16.7. The molecule has 0 amide bonds. The van der Waals surface area contributed by atoms with Gasteiger partial charge in [-0.15, -0.1) is 161 Å². The van der Waals surface area contributed by atoms with Gasteiger partial charge in [0.25, 0.3) is 0 Å². The van der Waals surface area contributed by atoms with Gasteiger partial charge in [0.05, 0.1) is 16.7 Å². The standard InChI is InChI=1S/C25H27N2O.C24H25N2O.C21H19N2O.3C13H12N.3Ir/c1-13(2)19-11-21(26-12-16(19)6)18-9-8-15(5)22-23-20(14(3)4)10-17(7)27-25(23)28-24(18)22;1-13(2)17-9-10-25-20(12-17)19-8-7-18(14(3)4)22-21-15(5)11-16(6)26-24(21)27-23(19)22;1-12(2)15-8-9-16(17-7-5-6-10-22-17)20-19(15)18-13(3)11-14(4)23-21(18)24-20;3*1-10-8-13(14-9-11(10)2)12-6-4-3-5-7-12;;;/h8,10-14H,1-7H3;7,9-14H,1-6H3;5-8,10-12H,1-4H3;3*3-6,8-9H,1-2H3;;;/q6*-1;;;/i2*1D3,5D3,13D,14D;3D3,12D;3*2D3;;;. The first kappa shape index (κ1) is 62.2. The molecule has 0 N–H and O–H groups in total. The van der Waals surface area contributed by atoms with E-state index in [1.807, 2.05) is 91.0 Å². The number of aromatic nitrogens is 9. The molecule has 0 saturated heterocycles. The van der Waals surface area contributed by atoms with Crippen molar-refractivity contribution in [2.75, 3.05) is 0 Å². The molecule has 3 radical (unpaired) electrons. The van der Waals surface area contributed by atoms with Crippen LogP contribution in [0.2, 0.25) is 0 Å². The topological polar surface area (TPSA) is 155 Å². The Kier molecular flexibility index (Phi) is 21.1. The summed E-state index contributed by atoms with van der Waals surface area (Å²) >= 11 is 0. The molecule has 12 aromatic heterocycles. The zero-order valence-corrected chi connectivity index (χ0v) is 78.0. The van der Waals surface area contributed by atoms with Crippen molar-refractivity contribution in [3.63, 3.8) is 0 Å². The van der Waals surface area contributed by atoms with Gasteiger partial charge in [0.1, 0.15) is 0 Å². The molecule has 2 unspecified atom stereocenters. The first-order chi connectivity index (χ1) is 69.3. The first-order valence-corrected chi connectivity index (χ1v) is 38.9. The van der Waals surface area contributed by atoms with Crippen molar-refractivity contribution in [3.8, 4) is 67.5 Å². The van der Waals surface area contributed by atoms with E-state index < -0.39 is 84.3 Å². The number of aryl methyl sites for hydroxylation is 13. The van der Waals surface area contributed by atoms with Crippen molar-refractivity contribution < 1.29 is 113 Å². The van der Waals surface area contributed by atoms with Crippen LogP contribution in [0.5, 0.6) is 0 Å². The summed E-state index contributed by atoms with van der Waals surface area (Å²) in [4.78, 5) is 39.1. The van der Waals surface area contributed by atoms with E-state index in [1.165, 1.54) is 75.2 Å². The van der Waals surface area contributed by atoms with E-state index in [4.69, 9.17) is 53.0 Å². The van der Waals surface area contributed by atoms with E-state index in [2.05, 4.69) is 81.3 Å². The van der Waals surface area contributed by atoms with Crippen LogP contribution in [-0.4, -0.2) is 44.9 Å². The van der Waals surface area contributed by atoms with Crippen molar-refractivity contribution in [2.24, 2.45) is 0 Å². The van der Waals surface area contributed by atoms with Gasteiger partial charge in [-0.05, 0) is 220 Å². The molecule has 124 heavy (non-hydrogen) atoms. The third-order valence-corrected chi connectivity index (χ3v) is 20.0. The summed E-state index contributed by atoms with van der Waals surface area (Å²) in [5.74, 6) is -6.95. The zero-order valence-electron chi connectivity index (χ0n) is 99.8. The Balaban J connectivity index is 0.000000192. The smallest absolute Gasteiger partial charge is 0.216 e. The van der Waals surface area contributed by atoms with Gasteiger partial charge in [-0.1, -0.05) is 175 Å². The van der Waals surface area contributed by atoms with Crippen LogP contribution in [0.3, 0.4) is 0 Å². The second kappa shape index (κ2) is 42.1. The number of benzene rings is 6. The largest absolute Gasteiger partial charge is 0.486 e. The number of rotatable bonds is 11. The fraction of sp³-hybridized carbons (Fsp3) is 0.257. The third kappa shape index (κ3) is 21.5. The second-order valence-electron chi connectivity index (χ2n) is 29.9. The van der Waals surface area contributed by atoms with Crippen LogP contribution in [0.4, 0.5) is 0 Å². The van der Waals surface area contributed by atoms with Crippen LogP contribution in [0, 0.1) is 126 Å². The molecule has 2 atom stereocenters. The van der Waals surface area contributed by atoms with Gasteiger partial charge in [-0.2, -0.15) is 0 Å². The zero-order chi connectivity index (χ0) is 111. The molecule has 0 saturated carbocycles. The predicted molar refractivity (Wildman–Crippen MR) is 498 cm³/mol. The third-order valence-electron chi connectivity index (χ3n) is 20.0. The van der Waals surface area contributed by atoms with Crippen LogP contribution < -0.4 is 0 Å². The Labute approximate surface area is 813 Å². The molecule has 639 valence electrons. The normalized spacial score (nSPS) is 16.5. The molecular formula is C109H107Ir3N9O3-6. The number of hydrogen-bond donors (Lipinski definition) is 0. The second-order valence-corrected chi connectivity index (χ2v) is 29.9. The number of fused-ring (bicyclic) bond motifs is 9. The van der Waals surface area contributed by atoms with Gasteiger partial charge in [0.2, 0.25) is 17.1 Å². The number of hydrogen-bond acceptors (Lipinski definition) is 12. The van der Waals surface area contributed by atoms with Gasteiger partial charge in [-0.3, -0.25) is 0 Å². The minimum absolute atomic E-state index is 0. The Hall–Kier alpha value is -11.0. The molecule has 0 aliphatic rings. The molecule has 0 bridgehead atoms. The fourth-order valence-electron chi connectivity index (χ4n) is 13.7. The molecule has 0 spiro atoms. The van der Waals surface area contributed by atoms with Crippen LogP contribution in [0.25, 0.3) is 134 Å². The Morgan fingerprint density at radius 2 is 0.694 bits per heavy atom. The minimum atomic E-state index is -2.59. The predicted octanol–water partition coefficient (Wildman–Crippen LogP) is 28.8. The summed E-state index contributed by atoms with van der Waals surface area (Å²) in [5, 5.41) is 2.51. The molecule has 0 aliphatic heterocycles. The summed E-state index contributed by atoms with van der Waals surface area (Å²) < 4.78 is 247. The van der Waals surface area contributed by atoms with Crippen molar-refractivity contribution >= 4 is 66.2 Å². The summed E-state index contributed by atoms with van der Waals surface area (Å²) in [7, 11) is 0. The molecule has 12 heterocycles. The summed E-state index contributed by atoms with van der Waals surface area (Å²) in [6.45, 7) is 6.47. The van der Waals surface area contributed by atoms with Gasteiger partial charge in [-0.25, -0.2) is 15.0 Å². The number of furan rings is 3. The average molecular weight is 2200 g/mol. The van der Waals surface area contributed by atoms with Gasteiger partial charge < -0.3 is 43.2 Å². The maximum atomic E-state index is 8.68. The van der Waals surface area contributed by atoms with E-state index in [9.17, 15) is 0 Å². The number of pyridine rings is 9. The Morgan fingerprint density at radius 3 is 1.10 bits per heavy atom. The molecule has 6 aromatic carbocycles. The van der Waals surface area contributed by atoms with E-state index >= 15 is 0 Å². The van der Waals surface area contributed by atoms with Crippen molar-refractivity contribution in [1.82, 2.24) is 44.9 Å². The van der Waals surface area contributed by atoms with Gasteiger partial charge in [0, 0.05) is 170 Å². The van der Waals surface area contributed by atoms with Gasteiger partial charge in [0.15, 0.2) is 0 Å². The molecule has 0 aliphatic carbocycles. The molecule has 12 nitrogen and oxygen atoms in total. The van der Waals surface area contributed by atoms with E-state index in [1.54, 1.807) is 139 Å². The van der Waals surface area contributed by atoms with Gasteiger partial charge >= 0.3 is 0 Å². The molecule has 18 rings (SSSR count). The molecule has 0 fully saturated rings. The fourth-order valence-corrected chi connectivity index (χ4v) is 13.7. The maximum Gasteiger partial charge on any atom is 0.216 e. The van der Waals surface area contributed by atoms with Crippen molar-refractivity contribution in [1.29, 1.82) is 0 Å². The first-order valence-electron chi connectivity index (χ1n) is 53.4. The minimum Gasteiger partial charge on any atom is -0.486 e. The monoisotopic (exact) mass is 2200 g/mol. The Morgan fingerprint density at radius 1 is 0.298 bits per heavy atom. The van der Waals surface area contributed by atoms with Crippen molar-refractivity contribution in [2.45, 2.75) is 188 Å². The summed E-state index contributed by atoms with van der Waals surface area (Å²) in [6.07, 6.45) is 8.87. The van der Waals surface area contributed by atoms with E-state index in [0.717, 1.165) is 50.5 Å². The van der Waals surface area contributed by atoms with E-state index in [0.29, 0.717) is 128 Å². The molecule has 18 aromatic rings. The van der Waals surface area contributed by atoms with Crippen LogP contribution >= 0.6 is 0 Å². The Bertz CT molecular complexity index is 7790. The van der Waals surface area contributed by atoms with Crippen molar-refractivity contribution in [3.05, 3.63) is 338 Å².